The van der Waals surface area contributed by atoms with Gasteiger partial charge in [-0.25, -0.2) is 8.42 Å². The first-order chi connectivity index (χ1) is 8.50. The van der Waals surface area contributed by atoms with E-state index in [2.05, 4.69) is 6.58 Å². The van der Waals surface area contributed by atoms with Gasteiger partial charge < -0.3 is 4.74 Å². The highest BCUT2D eigenvalue weighted by Gasteiger charge is 2.27. The van der Waals surface area contributed by atoms with Crippen molar-refractivity contribution in [2.45, 2.75) is 43.3 Å². The van der Waals surface area contributed by atoms with Crippen LogP contribution in [0, 0.1) is 0 Å². The maximum absolute atomic E-state index is 12.2. The molecule has 0 aromatic heterocycles. The summed E-state index contributed by atoms with van der Waals surface area (Å²) in [4.78, 5) is 0.550. The van der Waals surface area contributed by atoms with Gasteiger partial charge in [0.25, 0.3) is 0 Å². The highest BCUT2D eigenvalue weighted by Crippen LogP contribution is 2.28. The minimum atomic E-state index is -3.42. The van der Waals surface area contributed by atoms with Crippen molar-refractivity contribution < 1.29 is 13.2 Å². The predicted octanol–water partition coefficient (Wildman–Crippen LogP) is 2.93. The molecule has 1 saturated heterocycles. The van der Waals surface area contributed by atoms with Crippen molar-refractivity contribution in [2.24, 2.45) is 0 Å². The molecular formula is C14H18O3S. The van der Waals surface area contributed by atoms with E-state index in [1.165, 1.54) is 0 Å². The molecule has 3 nitrogen and oxygen atoms in total. The second-order valence-electron chi connectivity index (χ2n) is 4.71. The van der Waals surface area contributed by atoms with Crippen LogP contribution < -0.4 is 0 Å². The van der Waals surface area contributed by atoms with E-state index in [1.54, 1.807) is 30.3 Å². The molecule has 2 unspecified atom stereocenters. The number of hydrogen-bond donors (Lipinski definition) is 0. The van der Waals surface area contributed by atoms with Crippen LogP contribution in [-0.4, -0.2) is 20.6 Å². The Balaban J connectivity index is 2.09. The van der Waals surface area contributed by atoms with Crippen LogP contribution in [0.3, 0.4) is 0 Å². The van der Waals surface area contributed by atoms with Gasteiger partial charge in [-0.15, -0.1) is 0 Å². The first kappa shape index (κ1) is 13.3. The van der Waals surface area contributed by atoms with E-state index in [1.807, 2.05) is 6.92 Å². The third kappa shape index (κ3) is 2.82. The summed E-state index contributed by atoms with van der Waals surface area (Å²) in [5, 5.41) is 0. The van der Waals surface area contributed by atoms with Gasteiger partial charge in [0, 0.05) is 11.3 Å². The highest BCUT2D eigenvalue weighted by molar-refractivity contribution is 7.95. The molecule has 4 heteroatoms. The minimum absolute atomic E-state index is 0.00835. The summed E-state index contributed by atoms with van der Waals surface area (Å²) < 4.78 is 30.1. The molecule has 18 heavy (non-hydrogen) atoms. The number of ether oxygens (including phenoxy) is 1. The summed E-state index contributed by atoms with van der Waals surface area (Å²) >= 11 is 0. The van der Waals surface area contributed by atoms with Crippen LogP contribution in [0.25, 0.3) is 0 Å². The maximum Gasteiger partial charge on any atom is 0.202 e. The molecule has 0 N–H and O–H groups in total. The summed E-state index contributed by atoms with van der Waals surface area (Å²) in [6.07, 6.45) is 2.50. The predicted molar refractivity (Wildman–Crippen MR) is 71.0 cm³/mol. The van der Waals surface area contributed by atoms with Crippen molar-refractivity contribution in [1.82, 2.24) is 0 Å². The monoisotopic (exact) mass is 266 g/mol. The quantitative estimate of drug-likeness (QED) is 0.841. The first-order valence-corrected chi connectivity index (χ1v) is 7.62. The molecule has 0 bridgehead atoms. The Morgan fingerprint density at radius 3 is 2.56 bits per heavy atom. The third-order valence-corrected chi connectivity index (χ3v) is 5.03. The van der Waals surface area contributed by atoms with Crippen LogP contribution in [0.15, 0.2) is 46.7 Å². The lowest BCUT2D eigenvalue weighted by Crippen LogP contribution is -2.13. The lowest BCUT2D eigenvalue weighted by molar-refractivity contribution is 0.0573. The summed E-state index contributed by atoms with van der Waals surface area (Å²) in [7, 11) is -3.42. The highest BCUT2D eigenvalue weighted by atomic mass is 32.2. The van der Waals surface area contributed by atoms with Gasteiger partial charge in [0.2, 0.25) is 9.84 Å². The fourth-order valence-corrected chi connectivity index (χ4v) is 3.42. The number of rotatable bonds is 4. The number of hydrogen-bond acceptors (Lipinski definition) is 3. The second kappa shape index (κ2) is 5.24. The maximum atomic E-state index is 12.2. The van der Waals surface area contributed by atoms with Crippen molar-refractivity contribution in [3.63, 3.8) is 0 Å². The Morgan fingerprint density at radius 2 is 2.00 bits per heavy atom. The van der Waals surface area contributed by atoms with Crippen molar-refractivity contribution in [2.75, 3.05) is 0 Å². The van der Waals surface area contributed by atoms with Crippen molar-refractivity contribution in [1.29, 1.82) is 0 Å². The molecule has 0 saturated carbocycles. The van der Waals surface area contributed by atoms with Gasteiger partial charge in [0.1, 0.15) is 0 Å². The fraction of sp³-hybridized carbons (Fsp3) is 0.429. The largest absolute Gasteiger partial charge is 0.375 e. The Labute approximate surface area is 108 Å². The molecule has 1 aliphatic heterocycles. The van der Waals surface area contributed by atoms with E-state index in [0.29, 0.717) is 11.3 Å². The summed E-state index contributed by atoms with van der Waals surface area (Å²) in [5.41, 5.74) is 0. The van der Waals surface area contributed by atoms with E-state index < -0.39 is 9.84 Å². The molecule has 0 aliphatic carbocycles. The molecule has 0 spiro atoms. The minimum Gasteiger partial charge on any atom is -0.375 e. The lowest BCUT2D eigenvalue weighted by Gasteiger charge is -2.13. The van der Waals surface area contributed by atoms with E-state index in [9.17, 15) is 8.42 Å². The van der Waals surface area contributed by atoms with Crippen LogP contribution in [0.1, 0.15) is 26.2 Å². The van der Waals surface area contributed by atoms with Crippen LogP contribution in [0.4, 0.5) is 0 Å². The molecule has 0 radical (unpaired) electrons. The van der Waals surface area contributed by atoms with Gasteiger partial charge in [0.05, 0.1) is 17.1 Å². The zero-order chi connectivity index (χ0) is 13.2. The van der Waals surface area contributed by atoms with Crippen molar-refractivity contribution >= 4 is 9.84 Å². The molecule has 0 amide bonds. The SMILES string of the molecule is C=C(CC1CCC(C)O1)S(=O)(=O)c1ccccc1. The van der Waals surface area contributed by atoms with Gasteiger partial charge in [0.15, 0.2) is 0 Å². The smallest absolute Gasteiger partial charge is 0.202 e. The van der Waals surface area contributed by atoms with Crippen molar-refractivity contribution in [3.05, 3.63) is 41.8 Å². The zero-order valence-electron chi connectivity index (χ0n) is 10.5. The molecule has 2 atom stereocenters. The van der Waals surface area contributed by atoms with E-state index >= 15 is 0 Å². The molecule has 1 aliphatic rings. The second-order valence-corrected chi connectivity index (χ2v) is 6.76. The summed E-state index contributed by atoms with van der Waals surface area (Å²) in [6.45, 7) is 5.73. The topological polar surface area (TPSA) is 43.4 Å². The first-order valence-electron chi connectivity index (χ1n) is 6.13. The molecule has 98 valence electrons. The Hall–Kier alpha value is -1.13. The van der Waals surface area contributed by atoms with E-state index in [0.717, 1.165) is 12.8 Å². The Morgan fingerprint density at radius 1 is 1.33 bits per heavy atom. The standard InChI is InChI=1S/C14H18O3S/c1-11-8-9-13(17-11)10-12(2)18(15,16)14-6-4-3-5-7-14/h3-7,11,13H,2,8-10H2,1H3. The molecular weight excluding hydrogens is 248 g/mol. The van der Waals surface area contributed by atoms with Gasteiger partial charge in [-0.1, -0.05) is 24.8 Å². The fourth-order valence-electron chi connectivity index (χ4n) is 2.17. The normalized spacial score (nSPS) is 24.1. The summed E-state index contributed by atoms with van der Waals surface area (Å²) in [6, 6.07) is 8.42. The number of sulfone groups is 1. The average molecular weight is 266 g/mol. The van der Waals surface area contributed by atoms with Gasteiger partial charge in [-0.05, 0) is 31.9 Å². The van der Waals surface area contributed by atoms with Crippen LogP contribution >= 0.6 is 0 Å². The molecule has 1 heterocycles. The van der Waals surface area contributed by atoms with Crippen molar-refractivity contribution in [3.8, 4) is 0 Å². The van der Waals surface area contributed by atoms with Gasteiger partial charge >= 0.3 is 0 Å². The summed E-state index contributed by atoms with van der Waals surface area (Å²) in [5.74, 6) is 0. The van der Waals surface area contributed by atoms with E-state index in [-0.39, 0.29) is 17.1 Å². The zero-order valence-corrected chi connectivity index (χ0v) is 11.3. The van der Waals surface area contributed by atoms with Crippen LogP contribution in [0.2, 0.25) is 0 Å². The number of benzene rings is 1. The molecule has 2 rings (SSSR count). The molecule has 1 fully saturated rings. The Kier molecular flexibility index (Phi) is 3.88. The van der Waals surface area contributed by atoms with Gasteiger partial charge in [-0.2, -0.15) is 0 Å². The lowest BCUT2D eigenvalue weighted by atomic mass is 10.1. The van der Waals surface area contributed by atoms with Crippen LogP contribution in [-0.2, 0) is 14.6 Å². The van der Waals surface area contributed by atoms with E-state index in [4.69, 9.17) is 4.74 Å². The van der Waals surface area contributed by atoms with Crippen LogP contribution in [0.5, 0.6) is 0 Å². The molecule has 1 aromatic rings. The molecule has 1 aromatic carbocycles. The average Bonchev–Trinajstić information content (AvgIpc) is 2.76. The van der Waals surface area contributed by atoms with Gasteiger partial charge in [-0.3, -0.25) is 0 Å². The Bertz CT molecular complexity index is 519. The third-order valence-electron chi connectivity index (χ3n) is 3.21.